The Balaban J connectivity index is 1.68. The summed E-state index contributed by atoms with van der Waals surface area (Å²) in [5.74, 6) is -0.364. The molecule has 2 saturated heterocycles. The van der Waals surface area contributed by atoms with E-state index in [0.717, 1.165) is 13.1 Å². The van der Waals surface area contributed by atoms with Gasteiger partial charge in [-0.2, -0.15) is 0 Å². The minimum Gasteiger partial charge on any atom is -0.466 e. The van der Waals surface area contributed by atoms with E-state index in [9.17, 15) is 9.59 Å². The molecular formula is C21H30N2O4. The maximum atomic E-state index is 12.6. The molecule has 2 aliphatic rings. The summed E-state index contributed by atoms with van der Waals surface area (Å²) in [5, 5.41) is 0. The van der Waals surface area contributed by atoms with Crippen LogP contribution in [0.15, 0.2) is 30.3 Å². The summed E-state index contributed by atoms with van der Waals surface area (Å²) in [4.78, 5) is 28.9. The van der Waals surface area contributed by atoms with Crippen molar-refractivity contribution >= 4 is 12.1 Å². The molecule has 6 heteroatoms. The average molecular weight is 374 g/mol. The van der Waals surface area contributed by atoms with Crippen molar-refractivity contribution in [3.63, 3.8) is 0 Å². The van der Waals surface area contributed by atoms with Crippen molar-refractivity contribution in [2.24, 2.45) is 11.3 Å². The second-order valence-corrected chi connectivity index (χ2v) is 8.66. The molecule has 0 bridgehead atoms. The van der Waals surface area contributed by atoms with Gasteiger partial charge in [-0.1, -0.05) is 30.3 Å². The van der Waals surface area contributed by atoms with Crippen molar-refractivity contribution < 1.29 is 19.1 Å². The number of hydrogen-bond acceptors (Lipinski definition) is 5. The van der Waals surface area contributed by atoms with Crippen LogP contribution in [0, 0.1) is 11.3 Å². The zero-order valence-corrected chi connectivity index (χ0v) is 16.7. The molecule has 2 aliphatic heterocycles. The third-order valence-corrected chi connectivity index (χ3v) is 5.20. The van der Waals surface area contributed by atoms with Crippen molar-refractivity contribution in [3.8, 4) is 0 Å². The van der Waals surface area contributed by atoms with Gasteiger partial charge >= 0.3 is 12.1 Å². The highest BCUT2D eigenvalue weighted by Gasteiger charge is 2.58. The van der Waals surface area contributed by atoms with E-state index in [1.165, 1.54) is 5.56 Å². The topological polar surface area (TPSA) is 59.1 Å². The molecule has 0 radical (unpaired) electrons. The predicted molar refractivity (Wildman–Crippen MR) is 102 cm³/mol. The van der Waals surface area contributed by atoms with Crippen LogP contribution in [0.5, 0.6) is 0 Å². The van der Waals surface area contributed by atoms with Gasteiger partial charge in [0.15, 0.2) is 0 Å². The Hall–Kier alpha value is -2.08. The van der Waals surface area contributed by atoms with Crippen LogP contribution in [0.2, 0.25) is 0 Å². The molecule has 2 fully saturated rings. The van der Waals surface area contributed by atoms with Gasteiger partial charge in [0.25, 0.3) is 0 Å². The first-order chi connectivity index (χ1) is 12.7. The fourth-order valence-corrected chi connectivity index (χ4v) is 4.09. The van der Waals surface area contributed by atoms with Gasteiger partial charge in [-0.15, -0.1) is 0 Å². The standard InChI is InChI=1S/C21H30N2O4/c1-5-26-18(24)17-12-22(11-16-9-7-6-8-10-16)13-21(17)14-23(15-21)19(25)27-20(2,3)4/h6-10,17H,5,11-15H2,1-4H3. The molecule has 0 saturated carbocycles. The molecule has 0 aliphatic carbocycles. The molecule has 2 heterocycles. The molecule has 0 N–H and O–H groups in total. The molecule has 1 atom stereocenters. The van der Waals surface area contributed by atoms with Gasteiger partial charge in [0.05, 0.1) is 12.5 Å². The number of likely N-dealkylation sites (tertiary alicyclic amines) is 2. The van der Waals surface area contributed by atoms with E-state index in [2.05, 4.69) is 17.0 Å². The normalized spacial score (nSPS) is 21.8. The number of benzene rings is 1. The summed E-state index contributed by atoms with van der Waals surface area (Å²) in [5.41, 5.74) is 0.466. The third kappa shape index (κ3) is 4.43. The molecule has 27 heavy (non-hydrogen) atoms. The quantitative estimate of drug-likeness (QED) is 0.759. The summed E-state index contributed by atoms with van der Waals surface area (Å²) < 4.78 is 10.8. The first-order valence-corrected chi connectivity index (χ1v) is 9.63. The fourth-order valence-electron chi connectivity index (χ4n) is 4.09. The number of ether oxygens (including phenoxy) is 2. The van der Waals surface area contributed by atoms with Crippen LogP contribution in [0.3, 0.4) is 0 Å². The minimum absolute atomic E-state index is 0.156. The number of rotatable bonds is 4. The predicted octanol–water partition coefficient (Wildman–Crippen LogP) is 2.92. The summed E-state index contributed by atoms with van der Waals surface area (Å²) in [6.07, 6.45) is -0.308. The molecule has 3 rings (SSSR count). The Morgan fingerprint density at radius 3 is 2.41 bits per heavy atom. The van der Waals surface area contributed by atoms with E-state index in [-0.39, 0.29) is 23.4 Å². The van der Waals surface area contributed by atoms with Gasteiger partial charge in [0.1, 0.15) is 5.60 Å². The van der Waals surface area contributed by atoms with Gasteiger partial charge in [0, 0.05) is 38.1 Å². The van der Waals surface area contributed by atoms with Gasteiger partial charge in [0.2, 0.25) is 0 Å². The van der Waals surface area contributed by atoms with E-state index in [1.54, 1.807) is 4.90 Å². The van der Waals surface area contributed by atoms with E-state index < -0.39 is 5.60 Å². The third-order valence-electron chi connectivity index (χ3n) is 5.20. The fraction of sp³-hybridized carbons (Fsp3) is 0.619. The lowest BCUT2D eigenvalue weighted by Gasteiger charge is -2.50. The second-order valence-electron chi connectivity index (χ2n) is 8.66. The molecule has 1 amide bonds. The lowest BCUT2D eigenvalue weighted by Crippen LogP contribution is -2.63. The van der Waals surface area contributed by atoms with Gasteiger partial charge in [-0.3, -0.25) is 9.69 Å². The average Bonchev–Trinajstić information content (AvgIpc) is 2.92. The van der Waals surface area contributed by atoms with Gasteiger partial charge in [-0.05, 0) is 33.3 Å². The molecule has 1 spiro atoms. The molecule has 148 valence electrons. The minimum atomic E-state index is -0.518. The van der Waals surface area contributed by atoms with Crippen molar-refractivity contribution in [2.75, 3.05) is 32.8 Å². The number of carbonyl (C=O) groups excluding carboxylic acids is 2. The van der Waals surface area contributed by atoms with Crippen LogP contribution in [-0.2, 0) is 20.8 Å². The van der Waals surface area contributed by atoms with Crippen LogP contribution in [0.4, 0.5) is 4.79 Å². The first-order valence-electron chi connectivity index (χ1n) is 9.63. The number of hydrogen-bond donors (Lipinski definition) is 0. The lowest BCUT2D eigenvalue weighted by atomic mass is 9.71. The van der Waals surface area contributed by atoms with Crippen molar-refractivity contribution in [3.05, 3.63) is 35.9 Å². The highest BCUT2D eigenvalue weighted by atomic mass is 16.6. The maximum Gasteiger partial charge on any atom is 0.410 e. The zero-order valence-electron chi connectivity index (χ0n) is 16.7. The monoisotopic (exact) mass is 374 g/mol. The van der Waals surface area contributed by atoms with Crippen LogP contribution in [0.1, 0.15) is 33.3 Å². The van der Waals surface area contributed by atoms with E-state index in [1.807, 2.05) is 45.9 Å². The summed E-state index contributed by atoms with van der Waals surface area (Å²) in [6, 6.07) is 10.2. The molecule has 6 nitrogen and oxygen atoms in total. The van der Waals surface area contributed by atoms with Gasteiger partial charge < -0.3 is 14.4 Å². The Morgan fingerprint density at radius 1 is 1.15 bits per heavy atom. The number of esters is 1. The largest absolute Gasteiger partial charge is 0.466 e. The number of carbonyl (C=O) groups is 2. The van der Waals surface area contributed by atoms with Crippen LogP contribution < -0.4 is 0 Å². The SMILES string of the molecule is CCOC(=O)C1CN(Cc2ccccc2)CC12CN(C(=O)OC(C)(C)C)C2. The van der Waals surface area contributed by atoms with Crippen molar-refractivity contribution in [2.45, 2.75) is 39.8 Å². The molecule has 1 unspecified atom stereocenters. The Bertz CT molecular complexity index is 677. The highest BCUT2D eigenvalue weighted by Crippen LogP contribution is 2.45. The number of nitrogens with zero attached hydrogens (tertiary/aromatic N) is 2. The molecule has 0 aromatic heterocycles. The number of amides is 1. The lowest BCUT2D eigenvalue weighted by molar-refractivity contribution is -0.155. The Labute approximate surface area is 161 Å². The summed E-state index contributed by atoms with van der Waals surface area (Å²) >= 11 is 0. The molecule has 1 aromatic carbocycles. The highest BCUT2D eigenvalue weighted by molar-refractivity contribution is 5.76. The van der Waals surface area contributed by atoms with Crippen molar-refractivity contribution in [1.29, 1.82) is 0 Å². The van der Waals surface area contributed by atoms with Crippen LogP contribution >= 0.6 is 0 Å². The van der Waals surface area contributed by atoms with Crippen molar-refractivity contribution in [1.82, 2.24) is 9.80 Å². The van der Waals surface area contributed by atoms with E-state index in [4.69, 9.17) is 9.47 Å². The summed E-state index contributed by atoms with van der Waals surface area (Å²) in [6.45, 7) is 11.1. The zero-order chi connectivity index (χ0) is 19.7. The molecule has 1 aromatic rings. The first kappa shape index (κ1) is 19.7. The second kappa shape index (κ2) is 7.50. The van der Waals surface area contributed by atoms with Crippen LogP contribution in [0.25, 0.3) is 0 Å². The Kier molecular flexibility index (Phi) is 5.47. The Morgan fingerprint density at radius 2 is 1.81 bits per heavy atom. The maximum absolute atomic E-state index is 12.6. The smallest absolute Gasteiger partial charge is 0.410 e. The van der Waals surface area contributed by atoms with E-state index >= 15 is 0 Å². The van der Waals surface area contributed by atoms with Crippen LogP contribution in [-0.4, -0.2) is 60.2 Å². The molecular weight excluding hydrogens is 344 g/mol. The summed E-state index contributed by atoms with van der Waals surface area (Å²) in [7, 11) is 0. The van der Waals surface area contributed by atoms with Gasteiger partial charge in [-0.25, -0.2) is 4.79 Å². The van der Waals surface area contributed by atoms with E-state index in [0.29, 0.717) is 26.2 Å².